The van der Waals surface area contributed by atoms with Crippen LogP contribution >= 0.6 is 15.9 Å². The molecule has 0 atom stereocenters. The molecular weight excluding hydrogens is 302 g/mol. The summed E-state index contributed by atoms with van der Waals surface area (Å²) in [6.07, 6.45) is 2.04. The number of carbonyl (C=O) groups excluding carboxylic acids is 1. The van der Waals surface area contributed by atoms with Crippen molar-refractivity contribution in [3.8, 4) is 0 Å². The van der Waals surface area contributed by atoms with Gasteiger partial charge in [0, 0.05) is 16.6 Å². The number of nitro groups is 1. The lowest BCUT2D eigenvalue weighted by molar-refractivity contribution is -0.384. The molecule has 1 aromatic rings. The van der Waals surface area contributed by atoms with Crippen molar-refractivity contribution in [2.75, 3.05) is 11.9 Å². The fourth-order valence-electron chi connectivity index (χ4n) is 1.49. The van der Waals surface area contributed by atoms with Gasteiger partial charge in [-0.05, 0) is 25.0 Å². The molecule has 0 unspecified atom stereocenters. The molecule has 1 aliphatic rings. The Morgan fingerprint density at radius 3 is 2.83 bits per heavy atom. The molecule has 6 nitrogen and oxygen atoms in total. The second-order valence-electron chi connectivity index (χ2n) is 4.11. The Labute approximate surface area is 112 Å². The van der Waals surface area contributed by atoms with Gasteiger partial charge in [-0.25, -0.2) is 0 Å². The van der Waals surface area contributed by atoms with Crippen LogP contribution < -0.4 is 10.6 Å². The predicted octanol–water partition coefficient (Wildman–Crippen LogP) is 2.05. The summed E-state index contributed by atoms with van der Waals surface area (Å²) in [6, 6.07) is 4.96. The number of benzene rings is 1. The Hall–Kier alpha value is -1.63. The minimum absolute atomic E-state index is 0.0406. The highest BCUT2D eigenvalue weighted by Gasteiger charge is 2.23. The largest absolute Gasteiger partial charge is 0.371 e. The molecule has 0 spiro atoms. The van der Waals surface area contributed by atoms with E-state index >= 15 is 0 Å². The summed E-state index contributed by atoms with van der Waals surface area (Å²) in [5, 5.41) is 16.4. The van der Waals surface area contributed by atoms with Crippen molar-refractivity contribution in [2.24, 2.45) is 0 Å². The van der Waals surface area contributed by atoms with Crippen molar-refractivity contribution in [1.29, 1.82) is 0 Å². The van der Waals surface area contributed by atoms with Crippen LogP contribution in [0.3, 0.4) is 0 Å². The fourth-order valence-corrected chi connectivity index (χ4v) is 1.84. The van der Waals surface area contributed by atoms with Crippen LogP contribution in [0.25, 0.3) is 0 Å². The Balaban J connectivity index is 1.99. The molecule has 1 aliphatic carbocycles. The van der Waals surface area contributed by atoms with Crippen molar-refractivity contribution in [1.82, 2.24) is 5.32 Å². The molecule has 7 heteroatoms. The van der Waals surface area contributed by atoms with E-state index in [0.717, 1.165) is 12.8 Å². The minimum atomic E-state index is -0.480. The van der Waals surface area contributed by atoms with Crippen LogP contribution in [0.5, 0.6) is 0 Å². The van der Waals surface area contributed by atoms with Gasteiger partial charge in [-0.15, -0.1) is 0 Å². The van der Waals surface area contributed by atoms with Crippen molar-refractivity contribution in [3.63, 3.8) is 0 Å². The van der Waals surface area contributed by atoms with Gasteiger partial charge in [-0.3, -0.25) is 14.9 Å². The van der Waals surface area contributed by atoms with E-state index in [1.54, 1.807) is 12.1 Å². The van der Waals surface area contributed by atoms with Crippen LogP contribution in [0.1, 0.15) is 12.8 Å². The summed E-state index contributed by atoms with van der Waals surface area (Å²) in [6.45, 7) is 0.0406. The van der Waals surface area contributed by atoms with Crippen molar-refractivity contribution in [3.05, 3.63) is 32.8 Å². The third kappa shape index (κ3) is 3.43. The molecule has 0 heterocycles. The van der Waals surface area contributed by atoms with E-state index in [1.165, 1.54) is 6.07 Å². The molecule has 0 bridgehead atoms. The second-order valence-corrected chi connectivity index (χ2v) is 5.03. The van der Waals surface area contributed by atoms with Crippen LogP contribution in [0.4, 0.5) is 11.4 Å². The molecule has 0 saturated heterocycles. The number of nitrogens with zero attached hydrogens (tertiary/aromatic N) is 1. The number of anilines is 1. The molecule has 1 fully saturated rings. The number of hydrogen-bond acceptors (Lipinski definition) is 4. The molecule has 0 aliphatic heterocycles. The Morgan fingerprint density at radius 2 is 2.22 bits per heavy atom. The smallest absolute Gasteiger partial charge is 0.293 e. The zero-order valence-electron chi connectivity index (χ0n) is 9.48. The Bertz CT molecular complexity index is 488. The summed E-state index contributed by atoms with van der Waals surface area (Å²) in [5.74, 6) is -0.144. The molecule has 2 N–H and O–H groups in total. The summed E-state index contributed by atoms with van der Waals surface area (Å²) in [4.78, 5) is 21.8. The number of amides is 1. The van der Waals surface area contributed by atoms with E-state index in [9.17, 15) is 14.9 Å². The van der Waals surface area contributed by atoms with Crippen LogP contribution in [0.2, 0.25) is 0 Å². The van der Waals surface area contributed by atoms with Crippen molar-refractivity contribution < 1.29 is 9.72 Å². The van der Waals surface area contributed by atoms with Gasteiger partial charge in [0.25, 0.3) is 5.69 Å². The van der Waals surface area contributed by atoms with E-state index in [2.05, 4.69) is 26.6 Å². The molecule has 1 saturated carbocycles. The minimum Gasteiger partial charge on any atom is -0.371 e. The third-order valence-electron chi connectivity index (χ3n) is 2.54. The molecule has 1 amide bonds. The average Bonchev–Trinajstić information content (AvgIpc) is 3.11. The quantitative estimate of drug-likeness (QED) is 0.643. The average molecular weight is 314 g/mol. The number of rotatable bonds is 5. The van der Waals surface area contributed by atoms with Crippen LogP contribution in [0.15, 0.2) is 22.7 Å². The van der Waals surface area contributed by atoms with Gasteiger partial charge >= 0.3 is 0 Å². The number of nitrogens with one attached hydrogen (secondary N) is 2. The highest BCUT2D eigenvalue weighted by atomic mass is 79.9. The first-order valence-corrected chi connectivity index (χ1v) is 6.33. The fraction of sp³-hybridized carbons (Fsp3) is 0.364. The normalized spacial score (nSPS) is 14.1. The van der Waals surface area contributed by atoms with E-state index in [-0.39, 0.29) is 18.1 Å². The summed E-state index contributed by atoms with van der Waals surface area (Å²) in [5.41, 5.74) is 0.290. The molecule has 18 heavy (non-hydrogen) atoms. The van der Waals surface area contributed by atoms with E-state index in [1.807, 2.05) is 0 Å². The summed E-state index contributed by atoms with van der Waals surface area (Å²) >= 11 is 3.17. The number of halogens is 1. The first-order valence-electron chi connectivity index (χ1n) is 5.53. The van der Waals surface area contributed by atoms with Gasteiger partial charge in [0.1, 0.15) is 5.69 Å². The van der Waals surface area contributed by atoms with E-state index < -0.39 is 4.92 Å². The monoisotopic (exact) mass is 313 g/mol. The van der Waals surface area contributed by atoms with Crippen molar-refractivity contribution >= 4 is 33.2 Å². The topological polar surface area (TPSA) is 84.3 Å². The molecule has 2 rings (SSSR count). The molecule has 0 aromatic heterocycles. The van der Waals surface area contributed by atoms with Gasteiger partial charge < -0.3 is 10.6 Å². The van der Waals surface area contributed by atoms with Crippen LogP contribution in [0, 0.1) is 10.1 Å². The third-order valence-corrected chi connectivity index (χ3v) is 3.03. The predicted molar refractivity (Wildman–Crippen MR) is 70.5 cm³/mol. The first-order chi connectivity index (χ1) is 8.56. The Morgan fingerprint density at radius 1 is 1.50 bits per heavy atom. The second kappa shape index (κ2) is 5.34. The van der Waals surface area contributed by atoms with E-state index in [0.29, 0.717) is 16.2 Å². The number of nitro benzene ring substituents is 1. The lowest BCUT2D eigenvalue weighted by Gasteiger charge is -2.07. The Kier molecular flexibility index (Phi) is 3.81. The van der Waals surface area contributed by atoms with E-state index in [4.69, 9.17) is 0 Å². The van der Waals surface area contributed by atoms with Crippen molar-refractivity contribution in [2.45, 2.75) is 18.9 Å². The highest BCUT2D eigenvalue weighted by molar-refractivity contribution is 9.10. The molecule has 1 aromatic carbocycles. The van der Waals surface area contributed by atoms with Gasteiger partial charge in [-0.2, -0.15) is 0 Å². The number of hydrogen-bond donors (Lipinski definition) is 2. The first kappa shape index (κ1) is 12.8. The highest BCUT2D eigenvalue weighted by Crippen LogP contribution is 2.27. The van der Waals surface area contributed by atoms with Gasteiger partial charge in [0.15, 0.2) is 0 Å². The number of carbonyl (C=O) groups is 1. The summed E-state index contributed by atoms with van der Waals surface area (Å²) in [7, 11) is 0. The zero-order chi connectivity index (χ0) is 13.1. The SMILES string of the molecule is O=C(CNc1ccc(Br)cc1[N+](=O)[O-])NC1CC1. The van der Waals surface area contributed by atoms with Gasteiger partial charge in [0.2, 0.25) is 5.91 Å². The van der Waals surface area contributed by atoms with Gasteiger partial charge in [-0.1, -0.05) is 15.9 Å². The molecule has 96 valence electrons. The zero-order valence-corrected chi connectivity index (χ0v) is 11.1. The van der Waals surface area contributed by atoms with Crippen LogP contribution in [-0.2, 0) is 4.79 Å². The molecule has 0 radical (unpaired) electrons. The van der Waals surface area contributed by atoms with Gasteiger partial charge in [0.05, 0.1) is 11.5 Å². The lowest BCUT2D eigenvalue weighted by atomic mass is 10.2. The maximum atomic E-state index is 11.5. The standard InChI is InChI=1S/C11H12BrN3O3/c12-7-1-4-9(10(5-7)15(17)18)13-6-11(16)14-8-2-3-8/h1,4-5,8,13H,2-3,6H2,(H,14,16). The maximum absolute atomic E-state index is 11.5. The summed E-state index contributed by atoms with van der Waals surface area (Å²) < 4.78 is 0.627. The molecular formula is C11H12BrN3O3. The lowest BCUT2D eigenvalue weighted by Crippen LogP contribution is -2.31. The van der Waals surface area contributed by atoms with Crippen LogP contribution in [-0.4, -0.2) is 23.4 Å². The maximum Gasteiger partial charge on any atom is 0.293 e.